The second-order valence-corrected chi connectivity index (χ2v) is 6.81. The molecule has 3 heteroatoms. The van der Waals surface area contributed by atoms with E-state index in [1.807, 2.05) is 30.6 Å². The quantitative estimate of drug-likeness (QED) is 0.426. The summed E-state index contributed by atoms with van der Waals surface area (Å²) in [6.07, 6.45) is 14.0. The monoisotopic (exact) mass is 340 g/mol. The second-order valence-electron chi connectivity index (χ2n) is 6.81. The largest absolute Gasteiger partial charge is 0.460 e. The Morgan fingerprint density at radius 1 is 1.08 bits per heavy atom. The highest BCUT2D eigenvalue weighted by Crippen LogP contribution is 2.40. The molecule has 0 unspecified atom stereocenters. The van der Waals surface area contributed by atoms with Gasteiger partial charge in [-0.2, -0.15) is 0 Å². The van der Waals surface area contributed by atoms with Gasteiger partial charge in [0.2, 0.25) is 0 Å². The molecular weight excluding hydrogens is 320 g/mol. The van der Waals surface area contributed by atoms with Crippen molar-refractivity contribution >= 4 is 38.5 Å². The molecular formula is C23H20N2O. The minimum atomic E-state index is 0.988. The fourth-order valence-electron chi connectivity index (χ4n) is 4.30. The number of aryl methyl sites for hydroxylation is 2. The van der Waals surface area contributed by atoms with Crippen molar-refractivity contribution in [1.82, 2.24) is 9.55 Å². The van der Waals surface area contributed by atoms with Crippen LogP contribution < -0.4 is 0 Å². The fraction of sp³-hybridized carbons (Fsp3) is 0.174. The maximum Gasteiger partial charge on any atom is 0.144 e. The van der Waals surface area contributed by atoms with E-state index in [2.05, 4.69) is 34.8 Å². The Kier molecular flexibility index (Phi) is 3.35. The van der Waals surface area contributed by atoms with Crippen LogP contribution in [0.1, 0.15) is 24.2 Å². The average molecular weight is 340 g/mol. The van der Waals surface area contributed by atoms with E-state index in [1.54, 1.807) is 6.08 Å². The number of allylic oxidation sites excluding steroid dienone is 4. The summed E-state index contributed by atoms with van der Waals surface area (Å²) >= 11 is 0. The predicted molar refractivity (Wildman–Crippen MR) is 108 cm³/mol. The molecule has 0 bridgehead atoms. The predicted octanol–water partition coefficient (Wildman–Crippen LogP) is 6.03. The summed E-state index contributed by atoms with van der Waals surface area (Å²) in [4.78, 5) is 4.38. The number of pyridine rings is 1. The van der Waals surface area contributed by atoms with E-state index in [4.69, 9.17) is 4.42 Å². The maximum absolute atomic E-state index is 6.39. The van der Waals surface area contributed by atoms with Gasteiger partial charge >= 0.3 is 0 Å². The Bertz CT molecular complexity index is 1220. The van der Waals surface area contributed by atoms with Gasteiger partial charge in [-0.25, -0.2) is 0 Å². The molecule has 3 nitrogen and oxygen atoms in total. The SMILES string of the molecule is C=C/C=C(\C=C)n1c2ccncc2c2c3oc4c(c3ccc21)CCCC4. The maximum atomic E-state index is 6.39. The van der Waals surface area contributed by atoms with Gasteiger partial charge in [0.25, 0.3) is 0 Å². The lowest BCUT2D eigenvalue weighted by Gasteiger charge is -2.08. The van der Waals surface area contributed by atoms with E-state index in [1.165, 1.54) is 23.8 Å². The Morgan fingerprint density at radius 3 is 2.81 bits per heavy atom. The Hall–Kier alpha value is -3.07. The zero-order chi connectivity index (χ0) is 17.7. The van der Waals surface area contributed by atoms with Gasteiger partial charge in [-0.3, -0.25) is 4.98 Å². The molecule has 0 atom stereocenters. The molecule has 3 heterocycles. The third-order valence-electron chi connectivity index (χ3n) is 5.41. The number of rotatable bonds is 3. The number of fused-ring (bicyclic) bond motifs is 7. The third kappa shape index (κ3) is 1.97. The molecule has 0 spiro atoms. The van der Waals surface area contributed by atoms with E-state index < -0.39 is 0 Å². The topological polar surface area (TPSA) is 31.0 Å². The number of benzene rings is 1. The fourth-order valence-corrected chi connectivity index (χ4v) is 4.30. The van der Waals surface area contributed by atoms with E-state index in [-0.39, 0.29) is 0 Å². The van der Waals surface area contributed by atoms with Gasteiger partial charge in [0, 0.05) is 40.8 Å². The number of hydrogen-bond acceptors (Lipinski definition) is 2. The Morgan fingerprint density at radius 2 is 1.96 bits per heavy atom. The molecule has 0 aliphatic heterocycles. The smallest absolute Gasteiger partial charge is 0.144 e. The van der Waals surface area contributed by atoms with Crippen LogP contribution in [0, 0.1) is 0 Å². The third-order valence-corrected chi connectivity index (χ3v) is 5.41. The summed E-state index contributed by atoms with van der Waals surface area (Å²) in [5, 5.41) is 3.50. The minimum absolute atomic E-state index is 0.988. The van der Waals surface area contributed by atoms with Gasteiger partial charge < -0.3 is 8.98 Å². The highest BCUT2D eigenvalue weighted by Gasteiger charge is 2.22. The van der Waals surface area contributed by atoms with Gasteiger partial charge in [-0.1, -0.05) is 19.2 Å². The number of aromatic nitrogens is 2. The summed E-state index contributed by atoms with van der Waals surface area (Å²) in [6.45, 7) is 7.83. The van der Waals surface area contributed by atoms with Crippen LogP contribution in [0.25, 0.3) is 38.5 Å². The second kappa shape index (κ2) is 5.73. The van der Waals surface area contributed by atoms with E-state index in [0.29, 0.717) is 0 Å². The van der Waals surface area contributed by atoms with Gasteiger partial charge in [0.1, 0.15) is 11.3 Å². The molecule has 4 aromatic rings. The Balaban J connectivity index is 1.99. The van der Waals surface area contributed by atoms with Crippen LogP contribution in [0.2, 0.25) is 0 Å². The van der Waals surface area contributed by atoms with Crippen molar-refractivity contribution in [3.63, 3.8) is 0 Å². The molecule has 0 saturated carbocycles. The minimum Gasteiger partial charge on any atom is -0.460 e. The molecule has 0 amide bonds. The van der Waals surface area contributed by atoms with Crippen molar-refractivity contribution in [1.29, 1.82) is 0 Å². The first-order valence-corrected chi connectivity index (χ1v) is 9.10. The van der Waals surface area contributed by atoms with Crippen molar-refractivity contribution in [2.45, 2.75) is 25.7 Å². The van der Waals surface area contributed by atoms with Crippen LogP contribution in [0.4, 0.5) is 0 Å². The zero-order valence-corrected chi connectivity index (χ0v) is 14.7. The summed E-state index contributed by atoms with van der Waals surface area (Å²) in [5.74, 6) is 1.16. The average Bonchev–Trinajstić information content (AvgIpc) is 3.22. The van der Waals surface area contributed by atoms with Crippen LogP contribution in [0.3, 0.4) is 0 Å². The highest BCUT2D eigenvalue weighted by molar-refractivity contribution is 6.20. The molecule has 3 aromatic heterocycles. The normalized spacial score (nSPS) is 14.8. The van der Waals surface area contributed by atoms with Crippen LogP contribution in [-0.2, 0) is 12.8 Å². The molecule has 0 saturated heterocycles. The summed E-state index contributed by atoms with van der Waals surface area (Å²) in [5.41, 5.74) is 5.59. The summed E-state index contributed by atoms with van der Waals surface area (Å²) in [6, 6.07) is 6.45. The molecule has 5 rings (SSSR count). The van der Waals surface area contributed by atoms with Crippen LogP contribution in [0.5, 0.6) is 0 Å². The highest BCUT2D eigenvalue weighted by atomic mass is 16.3. The molecule has 1 aliphatic carbocycles. The molecule has 26 heavy (non-hydrogen) atoms. The zero-order valence-electron chi connectivity index (χ0n) is 14.7. The molecule has 128 valence electrons. The van der Waals surface area contributed by atoms with Gasteiger partial charge in [0.05, 0.1) is 16.4 Å². The molecule has 1 aromatic carbocycles. The van der Waals surface area contributed by atoms with Crippen LogP contribution in [-0.4, -0.2) is 9.55 Å². The van der Waals surface area contributed by atoms with Crippen LogP contribution in [0.15, 0.2) is 66.4 Å². The van der Waals surface area contributed by atoms with E-state index in [0.717, 1.165) is 51.7 Å². The molecule has 0 fully saturated rings. The first-order valence-electron chi connectivity index (χ1n) is 9.10. The van der Waals surface area contributed by atoms with Crippen molar-refractivity contribution < 1.29 is 4.42 Å². The standard InChI is InChI=1S/C23H20N2O/c1-3-7-15(4-2)25-19-12-13-24-14-18(19)22-20(25)11-10-17-16-8-5-6-9-21(16)26-23(17)22/h3-4,7,10-14H,1-2,5-6,8-9H2/b15-7+. The van der Waals surface area contributed by atoms with Gasteiger partial charge in [-0.15, -0.1) is 0 Å². The Labute approximate surface area is 151 Å². The first kappa shape index (κ1) is 15.2. The van der Waals surface area contributed by atoms with Crippen LogP contribution >= 0.6 is 0 Å². The van der Waals surface area contributed by atoms with Crippen molar-refractivity contribution in [2.75, 3.05) is 0 Å². The van der Waals surface area contributed by atoms with Crippen molar-refractivity contribution in [3.8, 4) is 0 Å². The lowest BCUT2D eigenvalue weighted by Crippen LogP contribution is -1.98. The molecule has 0 radical (unpaired) electrons. The summed E-state index contributed by atoms with van der Waals surface area (Å²) < 4.78 is 8.60. The summed E-state index contributed by atoms with van der Waals surface area (Å²) in [7, 11) is 0. The lowest BCUT2D eigenvalue weighted by atomic mass is 9.95. The molecule has 1 aliphatic rings. The van der Waals surface area contributed by atoms with E-state index >= 15 is 0 Å². The first-order chi connectivity index (χ1) is 12.8. The van der Waals surface area contributed by atoms with Crippen molar-refractivity contribution in [3.05, 3.63) is 73.3 Å². The van der Waals surface area contributed by atoms with Gasteiger partial charge in [0.15, 0.2) is 0 Å². The van der Waals surface area contributed by atoms with Gasteiger partial charge in [-0.05, 0) is 49.6 Å². The number of hydrogen-bond donors (Lipinski definition) is 0. The number of furan rings is 1. The molecule has 0 N–H and O–H groups in total. The lowest BCUT2D eigenvalue weighted by molar-refractivity contribution is 0.508. The van der Waals surface area contributed by atoms with E-state index in [9.17, 15) is 0 Å². The van der Waals surface area contributed by atoms with Crippen molar-refractivity contribution in [2.24, 2.45) is 0 Å². The number of nitrogens with zero attached hydrogens (tertiary/aromatic N) is 2.